The SMILES string of the molecule is CC(=NOC(=O)Nc1ccc(F)cc1)c1ccc(-n2c(C)ccc2C)cc1. The highest BCUT2D eigenvalue weighted by atomic mass is 19.1. The van der Waals surface area contributed by atoms with Crippen LogP contribution in [0, 0.1) is 19.7 Å². The Labute approximate surface area is 157 Å². The lowest BCUT2D eigenvalue weighted by atomic mass is 10.1. The van der Waals surface area contributed by atoms with Gasteiger partial charge in [-0.3, -0.25) is 10.2 Å². The number of amides is 1. The highest BCUT2D eigenvalue weighted by Crippen LogP contribution is 2.17. The summed E-state index contributed by atoms with van der Waals surface area (Å²) in [6.45, 7) is 5.87. The molecule has 0 aliphatic heterocycles. The van der Waals surface area contributed by atoms with E-state index in [4.69, 9.17) is 4.84 Å². The molecule has 138 valence electrons. The molecule has 0 saturated carbocycles. The maximum absolute atomic E-state index is 12.9. The second-order valence-corrected chi connectivity index (χ2v) is 6.19. The first kappa shape index (κ1) is 18.4. The Morgan fingerprint density at radius 2 is 1.56 bits per heavy atom. The number of hydrogen-bond donors (Lipinski definition) is 1. The van der Waals surface area contributed by atoms with E-state index in [0.29, 0.717) is 11.4 Å². The quantitative estimate of drug-likeness (QED) is 0.392. The number of benzene rings is 2. The van der Waals surface area contributed by atoms with Gasteiger partial charge in [-0.05, 0) is 74.9 Å². The molecule has 0 fully saturated rings. The van der Waals surface area contributed by atoms with Crippen molar-refractivity contribution in [3.63, 3.8) is 0 Å². The third-order valence-electron chi connectivity index (χ3n) is 4.17. The zero-order chi connectivity index (χ0) is 19.4. The molecular weight excluding hydrogens is 345 g/mol. The zero-order valence-electron chi connectivity index (χ0n) is 15.4. The predicted octanol–water partition coefficient (Wildman–Crippen LogP) is 5.21. The van der Waals surface area contributed by atoms with Gasteiger partial charge >= 0.3 is 6.09 Å². The van der Waals surface area contributed by atoms with Crippen molar-refractivity contribution in [3.05, 3.63) is 83.4 Å². The molecule has 1 N–H and O–H groups in total. The van der Waals surface area contributed by atoms with E-state index in [1.54, 1.807) is 6.92 Å². The van der Waals surface area contributed by atoms with E-state index in [1.807, 2.05) is 24.3 Å². The molecule has 0 radical (unpaired) electrons. The van der Waals surface area contributed by atoms with Crippen LogP contribution < -0.4 is 5.32 Å². The third-order valence-corrected chi connectivity index (χ3v) is 4.17. The van der Waals surface area contributed by atoms with Crippen molar-refractivity contribution in [2.45, 2.75) is 20.8 Å². The van der Waals surface area contributed by atoms with Crippen molar-refractivity contribution in [2.75, 3.05) is 5.32 Å². The van der Waals surface area contributed by atoms with Gasteiger partial charge in [0.1, 0.15) is 5.82 Å². The molecule has 27 heavy (non-hydrogen) atoms. The maximum atomic E-state index is 12.9. The van der Waals surface area contributed by atoms with Crippen LogP contribution in [0.4, 0.5) is 14.9 Å². The summed E-state index contributed by atoms with van der Waals surface area (Å²) in [6.07, 6.45) is -0.740. The van der Waals surface area contributed by atoms with Gasteiger partial charge in [0, 0.05) is 22.8 Å². The van der Waals surface area contributed by atoms with E-state index >= 15 is 0 Å². The van der Waals surface area contributed by atoms with Gasteiger partial charge in [-0.2, -0.15) is 0 Å². The molecule has 5 nitrogen and oxygen atoms in total. The normalized spacial score (nSPS) is 11.3. The van der Waals surface area contributed by atoms with Gasteiger partial charge in [0.25, 0.3) is 0 Å². The van der Waals surface area contributed by atoms with Crippen molar-refractivity contribution in [2.24, 2.45) is 5.16 Å². The van der Waals surface area contributed by atoms with Crippen LogP contribution in [-0.2, 0) is 4.84 Å². The Hall–Kier alpha value is -3.41. The van der Waals surface area contributed by atoms with Crippen molar-refractivity contribution in [1.82, 2.24) is 4.57 Å². The number of oxime groups is 1. The first-order chi connectivity index (χ1) is 12.9. The number of aryl methyl sites for hydroxylation is 2. The van der Waals surface area contributed by atoms with Crippen molar-refractivity contribution >= 4 is 17.5 Å². The molecule has 1 amide bonds. The molecule has 0 aliphatic rings. The summed E-state index contributed by atoms with van der Waals surface area (Å²) in [5, 5.41) is 6.34. The Bertz CT molecular complexity index is 954. The summed E-state index contributed by atoms with van der Waals surface area (Å²) >= 11 is 0. The number of nitrogens with one attached hydrogen (secondary N) is 1. The summed E-state index contributed by atoms with van der Waals surface area (Å²) in [7, 11) is 0. The number of nitrogens with zero attached hydrogens (tertiary/aromatic N) is 2. The molecule has 0 atom stereocenters. The van der Waals surface area contributed by atoms with E-state index in [1.165, 1.54) is 24.3 Å². The van der Waals surface area contributed by atoms with Crippen LogP contribution in [0.3, 0.4) is 0 Å². The number of anilines is 1. The van der Waals surface area contributed by atoms with Gasteiger partial charge in [-0.15, -0.1) is 0 Å². The molecule has 3 rings (SSSR count). The number of carbonyl (C=O) groups excluding carboxylic acids is 1. The van der Waals surface area contributed by atoms with E-state index < -0.39 is 6.09 Å². The second-order valence-electron chi connectivity index (χ2n) is 6.19. The topological polar surface area (TPSA) is 55.6 Å². The Morgan fingerprint density at radius 3 is 2.15 bits per heavy atom. The average molecular weight is 365 g/mol. The second kappa shape index (κ2) is 7.86. The average Bonchev–Trinajstić information content (AvgIpc) is 3.00. The van der Waals surface area contributed by atoms with Gasteiger partial charge in [-0.1, -0.05) is 17.3 Å². The fraction of sp³-hybridized carbons (Fsp3) is 0.143. The molecule has 0 spiro atoms. The first-order valence-corrected chi connectivity index (χ1v) is 8.48. The van der Waals surface area contributed by atoms with Crippen LogP contribution in [0.5, 0.6) is 0 Å². The molecule has 3 aromatic rings. The molecule has 2 aromatic carbocycles. The summed E-state index contributed by atoms with van der Waals surface area (Å²) in [4.78, 5) is 16.7. The number of carbonyl (C=O) groups is 1. The molecule has 1 aromatic heterocycles. The molecule has 6 heteroatoms. The van der Waals surface area contributed by atoms with Crippen LogP contribution in [0.2, 0.25) is 0 Å². The van der Waals surface area contributed by atoms with Crippen LogP contribution in [0.25, 0.3) is 5.69 Å². The van der Waals surface area contributed by atoms with Crippen LogP contribution in [0.15, 0.2) is 65.8 Å². The largest absolute Gasteiger partial charge is 0.437 e. The highest BCUT2D eigenvalue weighted by molar-refractivity contribution is 5.99. The Morgan fingerprint density at radius 1 is 0.963 bits per heavy atom. The Kier molecular flexibility index (Phi) is 5.35. The van der Waals surface area contributed by atoms with E-state index in [-0.39, 0.29) is 5.82 Å². The number of hydrogen-bond acceptors (Lipinski definition) is 3. The first-order valence-electron chi connectivity index (χ1n) is 8.48. The number of aromatic nitrogens is 1. The van der Waals surface area contributed by atoms with Crippen LogP contribution >= 0.6 is 0 Å². The lowest BCUT2D eigenvalue weighted by Gasteiger charge is -2.10. The minimum absolute atomic E-state index is 0.378. The summed E-state index contributed by atoms with van der Waals surface area (Å²) < 4.78 is 15.0. The van der Waals surface area contributed by atoms with Crippen molar-refractivity contribution in [3.8, 4) is 5.69 Å². The lowest BCUT2D eigenvalue weighted by Crippen LogP contribution is -2.12. The minimum atomic E-state index is -0.740. The molecule has 0 unspecified atom stereocenters. The highest BCUT2D eigenvalue weighted by Gasteiger charge is 2.07. The zero-order valence-corrected chi connectivity index (χ0v) is 15.4. The van der Waals surface area contributed by atoms with Crippen LogP contribution in [0.1, 0.15) is 23.9 Å². The number of rotatable bonds is 4. The molecule has 0 aliphatic carbocycles. The molecular formula is C21H20FN3O2. The maximum Gasteiger partial charge on any atom is 0.437 e. The standard InChI is InChI=1S/C21H20FN3O2/c1-14-4-5-15(2)25(14)20-12-6-17(7-13-20)16(3)24-27-21(26)23-19-10-8-18(22)9-11-19/h4-13H,1-3H3,(H,23,26). The minimum Gasteiger partial charge on any atom is -0.319 e. The van der Waals surface area contributed by atoms with Gasteiger partial charge in [-0.25, -0.2) is 9.18 Å². The van der Waals surface area contributed by atoms with Crippen molar-refractivity contribution in [1.29, 1.82) is 0 Å². The fourth-order valence-electron chi connectivity index (χ4n) is 2.76. The summed E-state index contributed by atoms with van der Waals surface area (Å²) in [5.74, 6) is -0.378. The lowest BCUT2D eigenvalue weighted by molar-refractivity contribution is 0.166. The fourth-order valence-corrected chi connectivity index (χ4v) is 2.76. The van der Waals surface area contributed by atoms with Gasteiger partial charge in [0.15, 0.2) is 0 Å². The van der Waals surface area contributed by atoms with Crippen molar-refractivity contribution < 1.29 is 14.0 Å². The summed E-state index contributed by atoms with van der Waals surface area (Å²) in [6, 6.07) is 17.4. The van der Waals surface area contributed by atoms with Gasteiger partial charge in [0.05, 0.1) is 5.71 Å². The molecule has 0 bridgehead atoms. The van der Waals surface area contributed by atoms with Gasteiger partial charge in [0.2, 0.25) is 0 Å². The van der Waals surface area contributed by atoms with E-state index in [9.17, 15) is 9.18 Å². The van der Waals surface area contributed by atoms with Crippen LogP contribution in [-0.4, -0.2) is 16.4 Å². The van der Waals surface area contributed by atoms with E-state index in [2.05, 4.69) is 41.0 Å². The monoisotopic (exact) mass is 365 g/mol. The molecule has 0 saturated heterocycles. The third kappa shape index (κ3) is 4.41. The number of halogens is 1. The Balaban J connectivity index is 1.65. The predicted molar refractivity (Wildman–Crippen MR) is 104 cm³/mol. The van der Waals surface area contributed by atoms with Gasteiger partial charge < -0.3 is 4.57 Å². The summed E-state index contributed by atoms with van der Waals surface area (Å²) in [5.41, 5.74) is 5.21. The van der Waals surface area contributed by atoms with E-state index in [0.717, 1.165) is 22.6 Å². The molecule has 1 heterocycles. The smallest absolute Gasteiger partial charge is 0.319 e.